The minimum absolute atomic E-state index is 0.146. The van der Waals surface area contributed by atoms with Gasteiger partial charge in [0.05, 0.1) is 41.8 Å². The first-order valence-corrected chi connectivity index (χ1v) is 9.32. The lowest BCUT2D eigenvalue weighted by atomic mass is 10.2. The van der Waals surface area contributed by atoms with E-state index in [1.54, 1.807) is 24.3 Å². The first kappa shape index (κ1) is 18.8. The van der Waals surface area contributed by atoms with Gasteiger partial charge in [-0.2, -0.15) is 0 Å². The van der Waals surface area contributed by atoms with Crippen molar-refractivity contribution in [3.8, 4) is 5.75 Å². The van der Waals surface area contributed by atoms with Gasteiger partial charge >= 0.3 is 5.97 Å². The summed E-state index contributed by atoms with van der Waals surface area (Å²) in [6, 6.07) is 12.3. The standard InChI is InChI=1S/C19H19N3O4S/c1-3-26-12-8-9-15-16(10-12)22-19(21-15)27-11-17(23)20-14-7-5-4-6-13(14)18(24)25-2/h4-10H,3,11H2,1-2H3,(H,20,23)(H,21,22). The fraction of sp³-hybridized carbons (Fsp3) is 0.211. The maximum atomic E-state index is 12.3. The second kappa shape index (κ2) is 8.59. The van der Waals surface area contributed by atoms with Gasteiger partial charge in [-0.3, -0.25) is 4.79 Å². The Labute approximate surface area is 160 Å². The molecule has 0 fully saturated rings. The number of methoxy groups -OCH3 is 1. The highest BCUT2D eigenvalue weighted by atomic mass is 32.2. The normalized spacial score (nSPS) is 10.6. The number of benzene rings is 2. The minimum atomic E-state index is -0.499. The number of rotatable bonds is 7. The SMILES string of the molecule is CCOc1ccc2nc(SCC(=O)Nc3ccccc3C(=O)OC)[nH]c2c1. The van der Waals surface area contributed by atoms with Crippen LogP contribution in [0.4, 0.5) is 5.69 Å². The Morgan fingerprint density at radius 1 is 1.22 bits per heavy atom. The second-order valence-corrected chi connectivity index (χ2v) is 6.49. The molecule has 1 amide bonds. The van der Waals surface area contributed by atoms with E-state index in [-0.39, 0.29) is 11.7 Å². The van der Waals surface area contributed by atoms with E-state index in [9.17, 15) is 9.59 Å². The van der Waals surface area contributed by atoms with Crippen LogP contribution in [0.3, 0.4) is 0 Å². The number of amides is 1. The van der Waals surface area contributed by atoms with Gasteiger partial charge in [0.25, 0.3) is 0 Å². The Balaban J connectivity index is 1.64. The maximum absolute atomic E-state index is 12.3. The number of carbonyl (C=O) groups excluding carboxylic acids is 2. The maximum Gasteiger partial charge on any atom is 0.339 e. The van der Waals surface area contributed by atoms with Crippen LogP contribution >= 0.6 is 11.8 Å². The third-order valence-corrected chi connectivity index (χ3v) is 4.56. The van der Waals surface area contributed by atoms with Crippen molar-refractivity contribution in [1.29, 1.82) is 0 Å². The van der Waals surface area contributed by atoms with Gasteiger partial charge in [-0.15, -0.1) is 0 Å². The largest absolute Gasteiger partial charge is 0.494 e. The molecule has 0 saturated heterocycles. The molecule has 0 saturated carbocycles. The van der Waals surface area contributed by atoms with Gasteiger partial charge in [0, 0.05) is 6.07 Å². The first-order valence-electron chi connectivity index (χ1n) is 8.33. The number of fused-ring (bicyclic) bond motifs is 1. The number of hydrogen-bond acceptors (Lipinski definition) is 6. The quantitative estimate of drug-likeness (QED) is 0.478. The molecular weight excluding hydrogens is 366 g/mol. The Kier molecular flexibility index (Phi) is 5.97. The Morgan fingerprint density at radius 2 is 2.04 bits per heavy atom. The van der Waals surface area contributed by atoms with Gasteiger partial charge in [-0.25, -0.2) is 9.78 Å². The van der Waals surface area contributed by atoms with E-state index >= 15 is 0 Å². The highest BCUT2D eigenvalue weighted by Gasteiger charge is 2.14. The number of nitrogens with zero attached hydrogens (tertiary/aromatic N) is 1. The zero-order valence-corrected chi connectivity index (χ0v) is 15.8. The summed E-state index contributed by atoms with van der Waals surface area (Å²) in [5.74, 6) is 0.170. The summed E-state index contributed by atoms with van der Waals surface area (Å²) >= 11 is 1.28. The van der Waals surface area contributed by atoms with Crippen LogP contribution in [0.1, 0.15) is 17.3 Å². The molecule has 27 heavy (non-hydrogen) atoms. The molecule has 0 spiro atoms. The molecular formula is C19H19N3O4S. The van der Waals surface area contributed by atoms with E-state index in [0.717, 1.165) is 16.8 Å². The van der Waals surface area contributed by atoms with E-state index in [2.05, 4.69) is 15.3 Å². The number of hydrogen-bond donors (Lipinski definition) is 2. The smallest absolute Gasteiger partial charge is 0.339 e. The van der Waals surface area contributed by atoms with E-state index in [1.165, 1.54) is 18.9 Å². The molecule has 0 unspecified atom stereocenters. The van der Waals surface area contributed by atoms with Crippen molar-refractivity contribution in [2.45, 2.75) is 12.1 Å². The summed E-state index contributed by atoms with van der Waals surface area (Å²) in [6.07, 6.45) is 0. The predicted octanol–water partition coefficient (Wildman–Crippen LogP) is 3.48. The molecule has 8 heteroatoms. The third kappa shape index (κ3) is 4.59. The van der Waals surface area contributed by atoms with Crippen molar-refractivity contribution in [3.63, 3.8) is 0 Å². The molecule has 1 aromatic heterocycles. The van der Waals surface area contributed by atoms with Gasteiger partial charge in [0.1, 0.15) is 5.75 Å². The summed E-state index contributed by atoms with van der Waals surface area (Å²) in [4.78, 5) is 31.6. The van der Waals surface area contributed by atoms with E-state index in [4.69, 9.17) is 9.47 Å². The Bertz CT molecular complexity index is 970. The number of imidazole rings is 1. The zero-order valence-electron chi connectivity index (χ0n) is 14.9. The Morgan fingerprint density at radius 3 is 2.81 bits per heavy atom. The number of nitrogens with one attached hydrogen (secondary N) is 2. The average molecular weight is 385 g/mol. The molecule has 7 nitrogen and oxygen atoms in total. The van der Waals surface area contributed by atoms with Crippen LogP contribution in [0.5, 0.6) is 5.75 Å². The van der Waals surface area contributed by atoms with Crippen LogP contribution in [-0.2, 0) is 9.53 Å². The van der Waals surface area contributed by atoms with Gasteiger partial charge in [0.2, 0.25) is 5.91 Å². The van der Waals surface area contributed by atoms with Crippen molar-refractivity contribution in [1.82, 2.24) is 9.97 Å². The third-order valence-electron chi connectivity index (χ3n) is 3.69. The topological polar surface area (TPSA) is 93.3 Å². The van der Waals surface area contributed by atoms with Crippen LogP contribution in [-0.4, -0.2) is 41.3 Å². The molecule has 0 aliphatic rings. The lowest BCUT2D eigenvalue weighted by Crippen LogP contribution is -2.17. The Hall–Kier alpha value is -3.00. The average Bonchev–Trinajstić information content (AvgIpc) is 3.09. The number of para-hydroxylation sites is 1. The second-order valence-electron chi connectivity index (χ2n) is 5.53. The highest BCUT2D eigenvalue weighted by molar-refractivity contribution is 7.99. The number of aromatic nitrogens is 2. The monoisotopic (exact) mass is 385 g/mol. The lowest BCUT2D eigenvalue weighted by molar-refractivity contribution is -0.113. The van der Waals surface area contributed by atoms with Crippen LogP contribution < -0.4 is 10.1 Å². The van der Waals surface area contributed by atoms with Crippen LogP contribution in [0.15, 0.2) is 47.6 Å². The number of aromatic amines is 1. The number of H-pyrrole nitrogens is 1. The molecule has 0 radical (unpaired) electrons. The van der Waals surface area contributed by atoms with Crippen molar-refractivity contribution >= 4 is 40.4 Å². The molecule has 3 rings (SSSR count). The van der Waals surface area contributed by atoms with Gasteiger partial charge in [0.15, 0.2) is 5.16 Å². The van der Waals surface area contributed by atoms with Crippen molar-refractivity contribution in [3.05, 3.63) is 48.0 Å². The van der Waals surface area contributed by atoms with E-state index in [0.29, 0.717) is 23.0 Å². The summed E-state index contributed by atoms with van der Waals surface area (Å²) < 4.78 is 10.2. The highest BCUT2D eigenvalue weighted by Crippen LogP contribution is 2.24. The summed E-state index contributed by atoms with van der Waals surface area (Å²) in [7, 11) is 1.30. The summed E-state index contributed by atoms with van der Waals surface area (Å²) in [5.41, 5.74) is 2.38. The lowest BCUT2D eigenvalue weighted by Gasteiger charge is -2.08. The van der Waals surface area contributed by atoms with Crippen molar-refractivity contribution < 1.29 is 19.1 Å². The molecule has 2 aromatic carbocycles. The van der Waals surface area contributed by atoms with E-state index in [1.807, 2.05) is 25.1 Å². The molecule has 0 atom stereocenters. The molecule has 2 N–H and O–H groups in total. The molecule has 0 aliphatic carbocycles. The van der Waals surface area contributed by atoms with Crippen molar-refractivity contribution in [2.24, 2.45) is 0 Å². The minimum Gasteiger partial charge on any atom is -0.494 e. The number of anilines is 1. The molecule has 0 bridgehead atoms. The zero-order chi connectivity index (χ0) is 19.2. The number of thioether (sulfide) groups is 1. The summed E-state index contributed by atoms with van der Waals surface area (Å²) in [5, 5.41) is 3.37. The molecule has 3 aromatic rings. The van der Waals surface area contributed by atoms with Gasteiger partial charge in [-0.1, -0.05) is 23.9 Å². The summed E-state index contributed by atoms with van der Waals surface area (Å²) in [6.45, 7) is 2.52. The van der Waals surface area contributed by atoms with Gasteiger partial charge < -0.3 is 19.8 Å². The molecule has 1 heterocycles. The van der Waals surface area contributed by atoms with Gasteiger partial charge in [-0.05, 0) is 31.2 Å². The number of ether oxygens (including phenoxy) is 2. The van der Waals surface area contributed by atoms with Crippen molar-refractivity contribution in [2.75, 3.05) is 24.8 Å². The fourth-order valence-corrected chi connectivity index (χ4v) is 3.18. The van der Waals surface area contributed by atoms with Crippen LogP contribution in [0.25, 0.3) is 11.0 Å². The fourth-order valence-electron chi connectivity index (χ4n) is 2.49. The van der Waals surface area contributed by atoms with Crippen LogP contribution in [0.2, 0.25) is 0 Å². The first-order chi connectivity index (χ1) is 13.1. The predicted molar refractivity (Wildman–Crippen MR) is 104 cm³/mol. The van der Waals surface area contributed by atoms with Crippen LogP contribution in [0, 0.1) is 0 Å². The van der Waals surface area contributed by atoms with E-state index < -0.39 is 5.97 Å². The number of carbonyl (C=O) groups is 2. The molecule has 140 valence electrons. The number of esters is 1. The molecule has 0 aliphatic heterocycles.